The lowest BCUT2D eigenvalue weighted by atomic mass is 9.56. The van der Waals surface area contributed by atoms with E-state index >= 15 is 0 Å². The third kappa shape index (κ3) is 4.34. The number of carboxylic acid groups (broad SMARTS) is 1. The van der Waals surface area contributed by atoms with E-state index in [1.54, 1.807) is 6.92 Å². The first-order chi connectivity index (χ1) is 23.5. The zero-order chi connectivity index (χ0) is 36.9. The molecule has 1 aliphatic heterocycles. The second-order valence-corrected chi connectivity index (χ2v) is 12.9. The summed E-state index contributed by atoms with van der Waals surface area (Å²) in [6.07, 6.45) is -7.84. The normalized spacial score (nSPS) is 31.9. The monoisotopic (exact) mass is 717 g/mol. The van der Waals surface area contributed by atoms with E-state index in [9.17, 15) is 54.6 Å². The van der Waals surface area contributed by atoms with Gasteiger partial charge in [0, 0.05) is 44.4 Å². The molecule has 1 heterocycles. The number of carbonyl (C=O) groups excluding carboxylic acids is 4. The minimum Gasteiger partial charge on any atom is -0.507 e. The molecule has 0 spiro atoms. The molecule has 0 radical (unpaired) electrons. The van der Waals surface area contributed by atoms with Crippen molar-refractivity contribution in [2.75, 3.05) is 21.3 Å². The lowest BCUT2D eigenvalue weighted by molar-refractivity contribution is -0.236. The van der Waals surface area contributed by atoms with Gasteiger partial charge in [0.05, 0.1) is 23.3 Å². The van der Waals surface area contributed by atoms with Crippen molar-refractivity contribution in [2.45, 2.75) is 68.2 Å². The van der Waals surface area contributed by atoms with Gasteiger partial charge in [0.25, 0.3) is 0 Å². The number of rotatable bonds is 6. The van der Waals surface area contributed by atoms with Gasteiger partial charge in [0.1, 0.15) is 46.1 Å². The van der Waals surface area contributed by atoms with Crippen molar-refractivity contribution in [3.05, 3.63) is 67.4 Å². The summed E-state index contributed by atoms with van der Waals surface area (Å²) in [6, 6.07) is 1.99. The number of aliphatic hydroxyl groups excluding tert-OH is 2. The molecular formula is C33H32ClNO15. The fourth-order valence-corrected chi connectivity index (χ4v) is 8.03. The molecule has 16 nitrogen and oxygen atoms in total. The highest BCUT2D eigenvalue weighted by Gasteiger charge is 2.72. The van der Waals surface area contributed by atoms with E-state index in [4.69, 9.17) is 30.5 Å². The van der Waals surface area contributed by atoms with Gasteiger partial charge < -0.3 is 54.9 Å². The Kier molecular flexibility index (Phi) is 8.48. The van der Waals surface area contributed by atoms with Gasteiger partial charge in [-0.2, -0.15) is 0 Å². The van der Waals surface area contributed by atoms with E-state index in [2.05, 4.69) is 5.32 Å². The topological polar surface area (TPSA) is 256 Å². The molecule has 0 saturated carbocycles. The summed E-state index contributed by atoms with van der Waals surface area (Å²) in [7, 11) is 3.47. The Hall–Kier alpha value is -4.26. The number of phenols is 2. The number of benzene rings is 2. The second-order valence-electron chi connectivity index (χ2n) is 12.5. The van der Waals surface area contributed by atoms with Crippen LogP contribution in [0.25, 0.3) is 0 Å². The first-order valence-electron chi connectivity index (χ1n) is 15.1. The lowest BCUT2D eigenvalue weighted by Crippen LogP contribution is -2.73. The molecule has 50 heavy (non-hydrogen) atoms. The number of nitrogens with one attached hydrogen (secondary N) is 1. The van der Waals surface area contributed by atoms with E-state index < -0.39 is 139 Å². The van der Waals surface area contributed by atoms with Gasteiger partial charge in [-0.15, -0.1) is 0 Å². The van der Waals surface area contributed by atoms with Crippen LogP contribution in [-0.4, -0.2) is 123 Å². The molecule has 2 aromatic carbocycles. The van der Waals surface area contributed by atoms with Crippen LogP contribution in [0.5, 0.6) is 11.5 Å². The fraction of sp³-hybridized carbons (Fsp3) is 0.424. The summed E-state index contributed by atoms with van der Waals surface area (Å²) in [5, 5.41) is 69.0. The number of fused-ring (bicyclic) bond motifs is 5. The number of aryl methyl sites for hydroxylation is 1. The van der Waals surface area contributed by atoms with Crippen molar-refractivity contribution >= 4 is 40.7 Å². The predicted octanol–water partition coefficient (Wildman–Crippen LogP) is 0.228. The molecule has 1 fully saturated rings. The molecule has 2 aromatic rings. The molecule has 8 unspecified atom stereocenters. The lowest BCUT2D eigenvalue weighted by Gasteiger charge is -2.52. The van der Waals surface area contributed by atoms with Gasteiger partial charge in [-0.1, -0.05) is 17.7 Å². The number of hydrogen-bond acceptors (Lipinski definition) is 15. The van der Waals surface area contributed by atoms with Gasteiger partial charge in [-0.25, -0.2) is 4.79 Å². The Bertz CT molecular complexity index is 1960. The summed E-state index contributed by atoms with van der Waals surface area (Å²) in [5.74, 6) is -9.02. The average molecular weight is 718 g/mol. The minimum absolute atomic E-state index is 0.0151. The van der Waals surface area contributed by atoms with Crippen molar-refractivity contribution in [3.8, 4) is 11.5 Å². The van der Waals surface area contributed by atoms with E-state index in [-0.39, 0.29) is 11.1 Å². The molecule has 6 rings (SSSR count). The molecule has 8 atom stereocenters. The third-order valence-electron chi connectivity index (χ3n) is 10.1. The predicted molar refractivity (Wildman–Crippen MR) is 167 cm³/mol. The Morgan fingerprint density at radius 1 is 0.960 bits per heavy atom. The number of aromatic carboxylic acids is 1. The summed E-state index contributed by atoms with van der Waals surface area (Å²) in [4.78, 5) is 68.7. The van der Waals surface area contributed by atoms with Crippen LogP contribution in [0.1, 0.15) is 75.4 Å². The summed E-state index contributed by atoms with van der Waals surface area (Å²) in [5.41, 5.74) is -11.5. The molecule has 0 aromatic heterocycles. The molecule has 0 bridgehead atoms. The van der Waals surface area contributed by atoms with E-state index in [0.717, 1.165) is 13.2 Å². The Balaban J connectivity index is 1.54. The van der Waals surface area contributed by atoms with E-state index in [1.807, 2.05) is 0 Å². The summed E-state index contributed by atoms with van der Waals surface area (Å²) >= 11 is 6.37. The number of allylic oxidation sites excluding steroid dienone is 2. The van der Waals surface area contributed by atoms with Crippen molar-refractivity contribution in [1.29, 1.82) is 0 Å². The van der Waals surface area contributed by atoms with Gasteiger partial charge in [-0.3, -0.25) is 19.2 Å². The highest BCUT2D eigenvalue weighted by atomic mass is 35.5. The number of phenolic OH excluding ortho intramolecular Hbond substituents is 1. The van der Waals surface area contributed by atoms with Crippen LogP contribution < -0.4 is 5.32 Å². The first kappa shape index (κ1) is 35.6. The fourth-order valence-electron chi connectivity index (χ4n) is 7.79. The maximum atomic E-state index is 14.5. The number of hydrogen-bond donors (Lipinski definition) is 7. The molecule has 1 saturated heterocycles. The third-order valence-corrected chi connectivity index (χ3v) is 10.4. The van der Waals surface area contributed by atoms with Crippen LogP contribution >= 0.6 is 11.6 Å². The Morgan fingerprint density at radius 3 is 2.18 bits per heavy atom. The molecular weight excluding hydrogens is 686 g/mol. The van der Waals surface area contributed by atoms with Gasteiger partial charge in [0.15, 0.2) is 17.4 Å². The van der Waals surface area contributed by atoms with Crippen LogP contribution in [-0.2, 0) is 31.0 Å². The quantitative estimate of drug-likeness (QED) is 0.211. The molecule has 0 amide bonds. The minimum atomic E-state index is -3.32. The van der Waals surface area contributed by atoms with Crippen molar-refractivity contribution in [1.82, 2.24) is 5.32 Å². The van der Waals surface area contributed by atoms with Crippen molar-refractivity contribution < 1.29 is 73.6 Å². The zero-order valence-electron chi connectivity index (χ0n) is 27.1. The number of ketones is 4. The number of aliphatic hydroxyl groups is 3. The van der Waals surface area contributed by atoms with Crippen molar-refractivity contribution in [2.24, 2.45) is 0 Å². The van der Waals surface area contributed by atoms with Crippen LogP contribution in [0.15, 0.2) is 22.9 Å². The average Bonchev–Trinajstić information content (AvgIpc) is 3.04. The standard InChI is InChI=1S/C33H32ClNO15/c1-9-6-11-7-14(36)33(49-5)29(43)17-13(28(42)32(33,46)18(11)23(39)15(9)31(44)45)8-12-16(22(17)38)24(40)19(34)20(21(12)37)35-30-27(48-4)25(41)26(47-3)10(2)50-30/h6,8,10,14,25-27,30,35-36,38-39,41,46H,7H2,1-5H3,(H,44,45). The summed E-state index contributed by atoms with van der Waals surface area (Å²) in [6.45, 7) is 2.91. The van der Waals surface area contributed by atoms with Crippen molar-refractivity contribution in [3.63, 3.8) is 0 Å². The van der Waals surface area contributed by atoms with Gasteiger partial charge >= 0.3 is 5.97 Å². The molecule has 4 aliphatic rings. The molecule has 3 aliphatic carbocycles. The van der Waals surface area contributed by atoms with E-state index in [1.165, 1.54) is 27.2 Å². The highest BCUT2D eigenvalue weighted by Crippen LogP contribution is 2.56. The zero-order valence-corrected chi connectivity index (χ0v) is 27.8. The molecule has 266 valence electrons. The number of halogens is 1. The number of aromatic hydroxyl groups is 2. The number of methoxy groups -OCH3 is 3. The van der Waals surface area contributed by atoms with Crippen LogP contribution in [0, 0.1) is 6.92 Å². The Labute approximate surface area is 287 Å². The number of carbonyl (C=O) groups is 5. The second kappa shape index (κ2) is 11.9. The molecule has 7 N–H and O–H groups in total. The highest BCUT2D eigenvalue weighted by molar-refractivity contribution is 6.50. The first-order valence-corrected chi connectivity index (χ1v) is 15.5. The van der Waals surface area contributed by atoms with Gasteiger partial charge in [-0.05, 0) is 31.0 Å². The van der Waals surface area contributed by atoms with Gasteiger partial charge in [0.2, 0.25) is 23.1 Å². The number of ether oxygens (including phenoxy) is 4. The number of Topliss-reactive ketones (excluding diaryl/α,β-unsaturated/α-hetero) is 4. The Morgan fingerprint density at radius 2 is 1.60 bits per heavy atom. The number of carboxylic acids is 1. The van der Waals surface area contributed by atoms with Crippen LogP contribution in [0.4, 0.5) is 0 Å². The van der Waals surface area contributed by atoms with E-state index in [0.29, 0.717) is 0 Å². The smallest absolute Gasteiger partial charge is 0.339 e. The van der Waals surface area contributed by atoms with Crippen LogP contribution in [0.2, 0.25) is 0 Å². The molecule has 17 heteroatoms. The summed E-state index contributed by atoms with van der Waals surface area (Å²) < 4.78 is 21.9. The van der Waals surface area contributed by atoms with Crippen LogP contribution in [0.3, 0.4) is 0 Å². The maximum Gasteiger partial charge on any atom is 0.339 e. The SMILES string of the molecule is COC1C(C)OC(NC2=C(Cl)C(=O)c3c(cc4c(c3O)C(=O)C3(OC)C(O)Cc5cc(C)c(C(=O)O)c(O)c5C3(O)C4=O)C2=O)C(OC)C1O. The maximum absolute atomic E-state index is 14.5. The largest absolute Gasteiger partial charge is 0.507 e.